The fraction of sp³-hybridized carbons (Fsp3) is 0.0526. The maximum absolute atomic E-state index is 11.4. The van der Waals surface area contributed by atoms with Crippen molar-refractivity contribution in [2.45, 2.75) is 6.54 Å². The Kier molecular flexibility index (Phi) is 4.67. The van der Waals surface area contributed by atoms with Crippen LogP contribution in [-0.2, 0) is 11.3 Å². The molecular formula is C19H15N5O. The van der Waals surface area contributed by atoms with Crippen molar-refractivity contribution < 1.29 is 4.79 Å². The minimum absolute atomic E-state index is 0.121. The van der Waals surface area contributed by atoms with Gasteiger partial charge in [-0.3, -0.25) is 14.5 Å². The summed E-state index contributed by atoms with van der Waals surface area (Å²) in [6.45, 7) is 0.570. The highest BCUT2D eigenvalue weighted by atomic mass is 16.1. The maximum atomic E-state index is 11.4. The molecule has 0 aliphatic heterocycles. The Labute approximate surface area is 144 Å². The molecule has 0 aliphatic carbocycles. The fourth-order valence-electron chi connectivity index (χ4n) is 2.44. The third-order valence-corrected chi connectivity index (χ3v) is 3.60. The van der Waals surface area contributed by atoms with Crippen molar-refractivity contribution in [3.05, 3.63) is 77.8 Å². The van der Waals surface area contributed by atoms with Crippen LogP contribution in [0.1, 0.15) is 11.1 Å². The highest BCUT2D eigenvalue weighted by Gasteiger charge is 2.13. The lowest BCUT2D eigenvalue weighted by molar-refractivity contribution is -0.114. The Morgan fingerprint density at radius 3 is 2.68 bits per heavy atom. The Hall–Kier alpha value is -3.72. The van der Waals surface area contributed by atoms with Gasteiger partial charge in [-0.2, -0.15) is 10.4 Å². The molecule has 0 spiro atoms. The summed E-state index contributed by atoms with van der Waals surface area (Å²) >= 11 is 0. The number of aromatic nitrogens is 3. The van der Waals surface area contributed by atoms with E-state index in [1.807, 2.05) is 42.5 Å². The van der Waals surface area contributed by atoms with Gasteiger partial charge in [-0.1, -0.05) is 30.3 Å². The van der Waals surface area contributed by atoms with Crippen LogP contribution in [0.25, 0.3) is 17.3 Å². The van der Waals surface area contributed by atoms with Gasteiger partial charge in [0.15, 0.2) is 0 Å². The summed E-state index contributed by atoms with van der Waals surface area (Å²) in [7, 11) is 0. The average Bonchev–Trinajstić information content (AvgIpc) is 3.03. The van der Waals surface area contributed by atoms with Gasteiger partial charge < -0.3 is 5.73 Å². The van der Waals surface area contributed by atoms with Gasteiger partial charge in [0, 0.05) is 29.7 Å². The summed E-state index contributed by atoms with van der Waals surface area (Å²) in [4.78, 5) is 15.5. The molecule has 1 amide bonds. The molecule has 6 heteroatoms. The van der Waals surface area contributed by atoms with Crippen molar-refractivity contribution in [1.82, 2.24) is 14.8 Å². The van der Waals surface area contributed by atoms with E-state index in [0.29, 0.717) is 17.8 Å². The van der Waals surface area contributed by atoms with E-state index in [1.54, 1.807) is 29.3 Å². The van der Waals surface area contributed by atoms with Crippen molar-refractivity contribution in [3.8, 4) is 17.3 Å². The van der Waals surface area contributed by atoms with Crippen LogP contribution in [0.15, 0.2) is 66.6 Å². The van der Waals surface area contributed by atoms with Gasteiger partial charge in [-0.05, 0) is 23.8 Å². The summed E-state index contributed by atoms with van der Waals surface area (Å²) in [5.74, 6) is -0.768. The number of primary amides is 1. The Morgan fingerprint density at radius 1 is 1.24 bits per heavy atom. The molecule has 0 radical (unpaired) electrons. The highest BCUT2D eigenvalue weighted by Crippen LogP contribution is 2.24. The third-order valence-electron chi connectivity index (χ3n) is 3.60. The zero-order chi connectivity index (χ0) is 17.6. The first-order chi connectivity index (χ1) is 12.2. The van der Waals surface area contributed by atoms with Crippen molar-refractivity contribution >= 4 is 12.0 Å². The van der Waals surface area contributed by atoms with E-state index >= 15 is 0 Å². The molecule has 1 aromatic carbocycles. The van der Waals surface area contributed by atoms with Crippen molar-refractivity contribution in [3.63, 3.8) is 0 Å². The third kappa shape index (κ3) is 3.79. The van der Waals surface area contributed by atoms with Crippen LogP contribution in [0.3, 0.4) is 0 Å². The summed E-state index contributed by atoms with van der Waals surface area (Å²) < 4.78 is 1.76. The molecule has 2 aromatic heterocycles. The molecule has 6 nitrogen and oxygen atoms in total. The first kappa shape index (κ1) is 16.1. The Bertz CT molecular complexity index is 952. The smallest absolute Gasteiger partial charge is 0.259 e. The summed E-state index contributed by atoms with van der Waals surface area (Å²) in [5.41, 5.74) is 8.28. The van der Waals surface area contributed by atoms with Gasteiger partial charge in [-0.25, -0.2) is 0 Å². The standard InChI is InChI=1S/C19H15N5O/c20-10-16(19(21)25)9-17-13-24(12-14-5-2-1-3-6-14)23-18(17)15-7-4-8-22-11-15/h1-9,11,13H,12H2,(H2,21,25)/b16-9+. The molecule has 0 saturated heterocycles. The number of nitrogens with zero attached hydrogens (tertiary/aromatic N) is 4. The SMILES string of the molecule is N#C/C(=C\c1cn(Cc2ccccc2)nc1-c1cccnc1)C(N)=O. The minimum Gasteiger partial charge on any atom is -0.365 e. The predicted molar refractivity (Wildman–Crippen MR) is 93.8 cm³/mol. The first-order valence-corrected chi connectivity index (χ1v) is 7.61. The summed E-state index contributed by atoms with van der Waals surface area (Å²) in [5, 5.41) is 13.7. The molecule has 0 fully saturated rings. The van der Waals surface area contributed by atoms with E-state index in [-0.39, 0.29) is 5.57 Å². The fourth-order valence-corrected chi connectivity index (χ4v) is 2.44. The topological polar surface area (TPSA) is 97.6 Å². The lowest BCUT2D eigenvalue weighted by Crippen LogP contribution is -2.12. The zero-order valence-corrected chi connectivity index (χ0v) is 13.3. The second kappa shape index (κ2) is 7.23. The molecule has 3 rings (SSSR count). The Morgan fingerprint density at radius 2 is 2.04 bits per heavy atom. The number of hydrogen-bond acceptors (Lipinski definition) is 4. The molecule has 25 heavy (non-hydrogen) atoms. The molecule has 0 atom stereocenters. The van der Waals surface area contributed by atoms with Crippen LogP contribution in [0.2, 0.25) is 0 Å². The number of nitriles is 1. The van der Waals surface area contributed by atoms with Crippen molar-refractivity contribution in [2.75, 3.05) is 0 Å². The number of hydrogen-bond donors (Lipinski definition) is 1. The van der Waals surface area contributed by atoms with E-state index in [1.165, 1.54) is 6.08 Å². The van der Waals surface area contributed by atoms with E-state index in [2.05, 4.69) is 10.1 Å². The molecular weight excluding hydrogens is 314 g/mol. The van der Waals surface area contributed by atoms with Gasteiger partial charge in [0.1, 0.15) is 17.3 Å². The molecule has 0 saturated carbocycles. The number of amides is 1. The van der Waals surface area contributed by atoms with Gasteiger partial charge in [0.2, 0.25) is 0 Å². The minimum atomic E-state index is -0.768. The molecule has 0 aliphatic rings. The second-order valence-corrected chi connectivity index (χ2v) is 5.39. The molecule has 2 N–H and O–H groups in total. The lowest BCUT2D eigenvalue weighted by Gasteiger charge is -2.01. The van der Waals surface area contributed by atoms with Crippen LogP contribution in [-0.4, -0.2) is 20.7 Å². The molecule has 2 heterocycles. The van der Waals surface area contributed by atoms with Crippen molar-refractivity contribution in [1.29, 1.82) is 5.26 Å². The van der Waals surface area contributed by atoms with Crippen LogP contribution in [0.4, 0.5) is 0 Å². The zero-order valence-electron chi connectivity index (χ0n) is 13.3. The number of rotatable bonds is 5. The van der Waals surface area contributed by atoms with Crippen molar-refractivity contribution in [2.24, 2.45) is 5.73 Å². The van der Waals surface area contributed by atoms with E-state index in [4.69, 9.17) is 11.0 Å². The van der Waals surface area contributed by atoms with Gasteiger partial charge in [-0.15, -0.1) is 0 Å². The maximum Gasteiger partial charge on any atom is 0.259 e. The Balaban J connectivity index is 2.06. The van der Waals surface area contributed by atoms with Crippen LogP contribution < -0.4 is 5.73 Å². The van der Waals surface area contributed by atoms with Crippen LogP contribution in [0.5, 0.6) is 0 Å². The number of pyridine rings is 1. The van der Waals surface area contributed by atoms with Crippen LogP contribution in [0, 0.1) is 11.3 Å². The number of carbonyl (C=O) groups excluding carboxylic acids is 1. The van der Waals surface area contributed by atoms with Gasteiger partial charge in [0.05, 0.1) is 6.54 Å². The molecule has 0 unspecified atom stereocenters. The highest BCUT2D eigenvalue weighted by molar-refractivity contribution is 6.01. The first-order valence-electron chi connectivity index (χ1n) is 7.61. The summed E-state index contributed by atoms with van der Waals surface area (Å²) in [6.07, 6.45) is 6.60. The molecule has 3 aromatic rings. The molecule has 122 valence electrons. The largest absolute Gasteiger partial charge is 0.365 e. The average molecular weight is 329 g/mol. The summed E-state index contributed by atoms with van der Waals surface area (Å²) in [6, 6.07) is 15.4. The normalized spacial score (nSPS) is 11.1. The predicted octanol–water partition coefficient (Wildman–Crippen LogP) is 2.39. The van der Waals surface area contributed by atoms with E-state index in [0.717, 1.165) is 11.1 Å². The molecule has 0 bridgehead atoms. The lowest BCUT2D eigenvalue weighted by atomic mass is 10.1. The number of nitrogens with two attached hydrogens (primary N) is 1. The van der Waals surface area contributed by atoms with Crippen LogP contribution >= 0.6 is 0 Å². The van der Waals surface area contributed by atoms with Gasteiger partial charge >= 0.3 is 0 Å². The van der Waals surface area contributed by atoms with Gasteiger partial charge in [0.25, 0.3) is 5.91 Å². The second-order valence-electron chi connectivity index (χ2n) is 5.39. The quantitative estimate of drug-likeness (QED) is 0.574. The number of carbonyl (C=O) groups is 1. The van der Waals surface area contributed by atoms with E-state index in [9.17, 15) is 4.79 Å². The van der Waals surface area contributed by atoms with E-state index < -0.39 is 5.91 Å². The number of benzene rings is 1. The monoisotopic (exact) mass is 329 g/mol.